The maximum Gasteiger partial charge on any atom is 0.221 e. The van der Waals surface area contributed by atoms with Gasteiger partial charge in [0, 0.05) is 46.2 Å². The molecule has 2 rings (SSSR count). The van der Waals surface area contributed by atoms with Crippen LogP contribution in [0.25, 0.3) is 0 Å². The minimum Gasteiger partial charge on any atom is -0.368 e. The molecule has 110 valence electrons. The Morgan fingerprint density at radius 1 is 1.35 bits per heavy atom. The fourth-order valence-electron chi connectivity index (χ4n) is 2.33. The highest BCUT2D eigenvalue weighted by molar-refractivity contribution is 6.33. The van der Waals surface area contributed by atoms with Crippen molar-refractivity contribution in [1.82, 2.24) is 10.2 Å². The molecule has 0 bridgehead atoms. The van der Waals surface area contributed by atoms with Crippen LogP contribution in [-0.4, -0.2) is 50.6 Å². The Bertz CT molecular complexity index is 475. The molecule has 0 radical (unpaired) electrons. The molecule has 1 aliphatic rings. The van der Waals surface area contributed by atoms with Gasteiger partial charge in [0.15, 0.2) is 0 Å². The summed E-state index contributed by atoms with van der Waals surface area (Å²) in [7, 11) is 1.65. The van der Waals surface area contributed by atoms with Gasteiger partial charge in [-0.1, -0.05) is 11.6 Å². The number of anilines is 1. The maximum atomic E-state index is 13.0. The lowest BCUT2D eigenvalue weighted by atomic mass is 10.2. The number of amides is 1. The number of rotatable bonds is 4. The molecular formula is C14H19ClFN3O. The Kier molecular flexibility index (Phi) is 5.20. The van der Waals surface area contributed by atoms with Crippen LogP contribution in [0.1, 0.15) is 6.42 Å². The van der Waals surface area contributed by atoms with Crippen LogP contribution in [0.3, 0.4) is 0 Å². The summed E-state index contributed by atoms with van der Waals surface area (Å²) in [6.45, 7) is 4.19. The van der Waals surface area contributed by atoms with E-state index in [-0.39, 0.29) is 11.7 Å². The lowest BCUT2D eigenvalue weighted by Crippen LogP contribution is -2.47. The van der Waals surface area contributed by atoms with Gasteiger partial charge in [-0.15, -0.1) is 0 Å². The summed E-state index contributed by atoms with van der Waals surface area (Å²) in [5.74, 6) is -0.253. The quantitative estimate of drug-likeness (QED) is 0.920. The molecular weight excluding hydrogens is 281 g/mol. The Hall–Kier alpha value is -1.33. The Labute approximate surface area is 123 Å². The molecule has 1 aromatic rings. The predicted octanol–water partition coefficient (Wildman–Crippen LogP) is 1.74. The van der Waals surface area contributed by atoms with E-state index < -0.39 is 0 Å². The van der Waals surface area contributed by atoms with Crippen molar-refractivity contribution in [2.75, 3.05) is 44.7 Å². The van der Waals surface area contributed by atoms with Crippen LogP contribution in [0.5, 0.6) is 0 Å². The van der Waals surface area contributed by atoms with Gasteiger partial charge in [-0.25, -0.2) is 4.39 Å². The first-order valence-electron chi connectivity index (χ1n) is 6.73. The van der Waals surface area contributed by atoms with Gasteiger partial charge in [0.05, 0.1) is 10.7 Å². The highest BCUT2D eigenvalue weighted by atomic mass is 35.5. The summed E-state index contributed by atoms with van der Waals surface area (Å²) in [5, 5.41) is 3.07. The molecule has 0 unspecified atom stereocenters. The SMILES string of the molecule is CNC(=O)CCN1CCN(c2ccc(F)cc2Cl)CC1. The van der Waals surface area contributed by atoms with E-state index in [4.69, 9.17) is 11.6 Å². The van der Waals surface area contributed by atoms with Crippen LogP contribution >= 0.6 is 11.6 Å². The van der Waals surface area contributed by atoms with Crippen molar-refractivity contribution in [2.24, 2.45) is 0 Å². The summed E-state index contributed by atoms with van der Waals surface area (Å²) >= 11 is 6.07. The molecule has 1 saturated heterocycles. The van der Waals surface area contributed by atoms with Crippen molar-refractivity contribution in [3.63, 3.8) is 0 Å². The zero-order chi connectivity index (χ0) is 14.5. The number of carbonyl (C=O) groups is 1. The van der Waals surface area contributed by atoms with Gasteiger partial charge in [0.2, 0.25) is 5.91 Å². The van der Waals surface area contributed by atoms with E-state index in [0.29, 0.717) is 11.4 Å². The molecule has 4 nitrogen and oxygen atoms in total. The third kappa shape index (κ3) is 3.84. The van der Waals surface area contributed by atoms with Crippen molar-refractivity contribution < 1.29 is 9.18 Å². The highest BCUT2D eigenvalue weighted by Gasteiger charge is 2.19. The van der Waals surface area contributed by atoms with Crippen LogP contribution in [0.15, 0.2) is 18.2 Å². The van der Waals surface area contributed by atoms with Gasteiger partial charge >= 0.3 is 0 Å². The van der Waals surface area contributed by atoms with Crippen molar-refractivity contribution in [1.29, 1.82) is 0 Å². The van der Waals surface area contributed by atoms with Crippen LogP contribution in [0.4, 0.5) is 10.1 Å². The number of benzene rings is 1. The van der Waals surface area contributed by atoms with Crippen LogP contribution in [-0.2, 0) is 4.79 Å². The predicted molar refractivity (Wildman–Crippen MR) is 78.7 cm³/mol. The third-order valence-electron chi connectivity index (χ3n) is 3.56. The van der Waals surface area contributed by atoms with Gasteiger partial charge in [0.25, 0.3) is 0 Å². The number of nitrogens with zero attached hydrogens (tertiary/aromatic N) is 2. The second kappa shape index (κ2) is 6.90. The zero-order valence-electron chi connectivity index (χ0n) is 11.5. The Morgan fingerprint density at radius 2 is 2.05 bits per heavy atom. The van der Waals surface area contributed by atoms with Gasteiger partial charge < -0.3 is 10.2 Å². The molecule has 20 heavy (non-hydrogen) atoms. The highest BCUT2D eigenvalue weighted by Crippen LogP contribution is 2.27. The molecule has 1 aromatic carbocycles. The topological polar surface area (TPSA) is 35.6 Å². The Morgan fingerprint density at radius 3 is 2.65 bits per heavy atom. The molecule has 0 saturated carbocycles. The molecule has 1 fully saturated rings. The zero-order valence-corrected chi connectivity index (χ0v) is 12.3. The average Bonchev–Trinajstić information content (AvgIpc) is 2.45. The third-order valence-corrected chi connectivity index (χ3v) is 3.86. The number of piperazine rings is 1. The Balaban J connectivity index is 1.86. The van der Waals surface area contributed by atoms with Gasteiger partial charge in [0.1, 0.15) is 5.82 Å². The summed E-state index contributed by atoms with van der Waals surface area (Å²) in [5.41, 5.74) is 0.874. The molecule has 1 aliphatic heterocycles. The molecule has 0 atom stereocenters. The van der Waals surface area contributed by atoms with Gasteiger partial charge in [-0.05, 0) is 18.2 Å². The van der Waals surface area contributed by atoms with Gasteiger partial charge in [-0.3, -0.25) is 9.69 Å². The first-order chi connectivity index (χ1) is 9.60. The normalized spacial score (nSPS) is 16.2. The largest absolute Gasteiger partial charge is 0.368 e. The van der Waals surface area contributed by atoms with E-state index in [1.54, 1.807) is 13.1 Å². The van der Waals surface area contributed by atoms with Crippen LogP contribution < -0.4 is 10.2 Å². The number of carbonyl (C=O) groups excluding carboxylic acids is 1. The second-order valence-corrected chi connectivity index (χ2v) is 5.25. The number of nitrogens with one attached hydrogen (secondary N) is 1. The van der Waals surface area contributed by atoms with E-state index >= 15 is 0 Å². The van der Waals surface area contributed by atoms with Gasteiger partial charge in [-0.2, -0.15) is 0 Å². The minimum atomic E-state index is -0.317. The van der Waals surface area contributed by atoms with E-state index in [1.807, 2.05) is 0 Å². The minimum absolute atomic E-state index is 0.0639. The molecule has 0 aliphatic carbocycles. The lowest BCUT2D eigenvalue weighted by Gasteiger charge is -2.36. The first kappa shape index (κ1) is 15.1. The number of hydrogen-bond donors (Lipinski definition) is 1. The van der Waals surface area contributed by atoms with Crippen molar-refractivity contribution in [2.45, 2.75) is 6.42 Å². The van der Waals surface area contributed by atoms with Crippen molar-refractivity contribution in [3.8, 4) is 0 Å². The van der Waals surface area contributed by atoms with E-state index in [2.05, 4.69) is 15.1 Å². The molecule has 1 amide bonds. The van der Waals surface area contributed by atoms with Crippen LogP contribution in [0, 0.1) is 5.82 Å². The summed E-state index contributed by atoms with van der Waals surface area (Å²) in [6.07, 6.45) is 0.522. The molecule has 6 heteroatoms. The monoisotopic (exact) mass is 299 g/mol. The van der Waals surface area contributed by atoms with E-state index in [9.17, 15) is 9.18 Å². The summed E-state index contributed by atoms with van der Waals surface area (Å²) in [4.78, 5) is 15.6. The first-order valence-corrected chi connectivity index (χ1v) is 7.11. The molecule has 0 spiro atoms. The van der Waals surface area contributed by atoms with E-state index in [0.717, 1.165) is 38.4 Å². The standard InChI is InChI=1S/C14H19ClFN3O/c1-17-14(20)4-5-18-6-8-19(9-7-18)13-3-2-11(16)10-12(13)15/h2-3,10H,4-9H2,1H3,(H,17,20). The fourth-order valence-corrected chi connectivity index (χ4v) is 2.62. The fraction of sp³-hybridized carbons (Fsp3) is 0.500. The molecule has 0 aromatic heterocycles. The average molecular weight is 300 g/mol. The summed E-state index contributed by atoms with van der Waals surface area (Å²) in [6, 6.07) is 4.49. The van der Waals surface area contributed by atoms with Crippen molar-refractivity contribution >= 4 is 23.2 Å². The van der Waals surface area contributed by atoms with E-state index in [1.165, 1.54) is 12.1 Å². The second-order valence-electron chi connectivity index (χ2n) is 4.85. The van der Waals surface area contributed by atoms with Crippen molar-refractivity contribution in [3.05, 3.63) is 29.0 Å². The lowest BCUT2D eigenvalue weighted by molar-refractivity contribution is -0.120. The van der Waals surface area contributed by atoms with Crippen LogP contribution in [0.2, 0.25) is 5.02 Å². The molecule has 1 heterocycles. The smallest absolute Gasteiger partial charge is 0.221 e. The molecule has 1 N–H and O–H groups in total. The number of halogens is 2. The maximum absolute atomic E-state index is 13.0. The number of hydrogen-bond acceptors (Lipinski definition) is 3. The summed E-state index contributed by atoms with van der Waals surface area (Å²) < 4.78 is 13.0.